The van der Waals surface area contributed by atoms with E-state index in [1.54, 1.807) is 24.6 Å². The van der Waals surface area contributed by atoms with E-state index >= 15 is 0 Å². The Hall–Kier alpha value is -3.94. The summed E-state index contributed by atoms with van der Waals surface area (Å²) >= 11 is 0. The molecule has 1 unspecified atom stereocenters. The number of nitrogens with zero attached hydrogens (tertiary/aromatic N) is 3. The number of fused-ring (bicyclic) bond motifs is 3. The third-order valence-corrected chi connectivity index (χ3v) is 7.42. The van der Waals surface area contributed by atoms with Crippen molar-refractivity contribution in [1.29, 1.82) is 0 Å². The smallest absolute Gasteiger partial charge is 0.335 e. The van der Waals surface area contributed by atoms with Crippen LogP contribution in [0.1, 0.15) is 34.3 Å². The molecule has 7 nitrogen and oxygen atoms in total. The van der Waals surface area contributed by atoms with Crippen LogP contribution in [0.5, 0.6) is 11.5 Å². The van der Waals surface area contributed by atoms with Gasteiger partial charge in [0.2, 0.25) is 5.89 Å². The molecule has 2 bridgehead atoms. The summed E-state index contributed by atoms with van der Waals surface area (Å²) in [5.74, 6) is 1.30. The van der Waals surface area contributed by atoms with Crippen molar-refractivity contribution in [1.82, 2.24) is 14.8 Å². The number of carbonyl (C=O) groups is 1. The number of carboxylic acids is 1. The Kier molecular flexibility index (Phi) is 6.47. The molecule has 0 aliphatic carbocycles. The van der Waals surface area contributed by atoms with Crippen molar-refractivity contribution in [3.05, 3.63) is 102 Å². The molecule has 0 amide bonds. The van der Waals surface area contributed by atoms with E-state index in [2.05, 4.69) is 26.9 Å². The molecule has 4 aromatic rings. The summed E-state index contributed by atoms with van der Waals surface area (Å²) in [5.41, 5.74) is 3.71. The molecule has 3 aliphatic rings. The topological polar surface area (TPSA) is 79.0 Å². The normalized spacial score (nSPS) is 19.7. The molecule has 7 rings (SSSR count). The standard InChI is InChI=1S/C30H29N3O4/c34-30(35)24-5-1-21(2-6-24)17-32-19-26-10-9-25(32)20-33(26)18-22-3-11-27(12-4-22)37-28-13-7-23(8-14-28)29-31-15-16-36-29/h1-8,11-16,25-26H,9-10,17-20H2,(H,34,35)/t25-,26?/m0/s1. The maximum atomic E-state index is 11.1. The number of benzene rings is 3. The van der Waals surface area contributed by atoms with E-state index in [9.17, 15) is 4.79 Å². The number of ether oxygens (including phenoxy) is 1. The Labute approximate surface area is 215 Å². The lowest BCUT2D eigenvalue weighted by atomic mass is 9.90. The summed E-state index contributed by atoms with van der Waals surface area (Å²) in [4.78, 5) is 20.5. The molecule has 2 atom stereocenters. The molecule has 188 valence electrons. The Morgan fingerprint density at radius 3 is 1.86 bits per heavy atom. The summed E-state index contributed by atoms with van der Waals surface area (Å²) in [6.07, 6.45) is 5.65. The lowest BCUT2D eigenvalue weighted by molar-refractivity contribution is -0.0293. The molecule has 3 saturated heterocycles. The second-order valence-corrected chi connectivity index (χ2v) is 9.85. The first-order valence-corrected chi connectivity index (χ1v) is 12.7. The molecule has 1 aromatic heterocycles. The molecule has 3 aromatic carbocycles. The third-order valence-electron chi connectivity index (χ3n) is 7.42. The van der Waals surface area contributed by atoms with Gasteiger partial charge in [-0.05, 0) is 72.5 Å². The summed E-state index contributed by atoms with van der Waals surface area (Å²) in [6, 6.07) is 24.5. The fourth-order valence-electron chi connectivity index (χ4n) is 5.44. The molecule has 0 radical (unpaired) electrons. The lowest BCUT2D eigenvalue weighted by Crippen LogP contribution is -2.61. The van der Waals surface area contributed by atoms with Crippen LogP contribution in [0.25, 0.3) is 11.5 Å². The van der Waals surface area contributed by atoms with Crippen LogP contribution in [0.2, 0.25) is 0 Å². The first-order valence-electron chi connectivity index (χ1n) is 12.7. The van der Waals surface area contributed by atoms with Gasteiger partial charge in [0.25, 0.3) is 0 Å². The number of hydrogen-bond donors (Lipinski definition) is 1. The largest absolute Gasteiger partial charge is 0.478 e. The Morgan fingerprint density at radius 1 is 0.838 bits per heavy atom. The number of piperazine rings is 1. The van der Waals surface area contributed by atoms with Crippen LogP contribution in [0.4, 0.5) is 0 Å². The van der Waals surface area contributed by atoms with Crippen molar-refractivity contribution < 1.29 is 19.1 Å². The SMILES string of the molecule is O=C(O)c1ccc(CN2CC3CC[C@H]2CN3Cc2ccc(Oc3ccc(-c4ncco4)cc3)cc2)cc1. The molecule has 4 heterocycles. The highest BCUT2D eigenvalue weighted by atomic mass is 16.5. The van der Waals surface area contributed by atoms with E-state index in [1.165, 1.54) is 24.0 Å². The maximum absolute atomic E-state index is 11.1. The van der Waals surface area contributed by atoms with E-state index < -0.39 is 5.97 Å². The number of oxazole rings is 1. The minimum Gasteiger partial charge on any atom is -0.478 e. The highest BCUT2D eigenvalue weighted by Gasteiger charge is 2.38. The zero-order valence-electron chi connectivity index (χ0n) is 20.5. The average molecular weight is 496 g/mol. The zero-order chi connectivity index (χ0) is 25.2. The monoisotopic (exact) mass is 495 g/mol. The van der Waals surface area contributed by atoms with Gasteiger partial charge in [0, 0.05) is 43.8 Å². The van der Waals surface area contributed by atoms with Gasteiger partial charge in [-0.1, -0.05) is 24.3 Å². The summed E-state index contributed by atoms with van der Waals surface area (Å²) in [5, 5.41) is 9.13. The molecule has 3 aliphatic heterocycles. The van der Waals surface area contributed by atoms with Crippen LogP contribution >= 0.6 is 0 Å². The lowest BCUT2D eigenvalue weighted by Gasteiger charge is -2.51. The zero-order valence-corrected chi connectivity index (χ0v) is 20.5. The van der Waals surface area contributed by atoms with Crippen LogP contribution in [-0.4, -0.2) is 51.0 Å². The van der Waals surface area contributed by atoms with Crippen LogP contribution in [0.3, 0.4) is 0 Å². The van der Waals surface area contributed by atoms with Crippen molar-refractivity contribution >= 4 is 5.97 Å². The van der Waals surface area contributed by atoms with Gasteiger partial charge in [0.15, 0.2) is 0 Å². The van der Waals surface area contributed by atoms with Crippen LogP contribution in [0, 0.1) is 0 Å². The first kappa shape index (κ1) is 23.5. The molecular formula is C30H29N3O4. The molecule has 0 spiro atoms. The predicted octanol–water partition coefficient (Wildman–Crippen LogP) is 5.68. The highest BCUT2D eigenvalue weighted by molar-refractivity contribution is 5.87. The summed E-state index contributed by atoms with van der Waals surface area (Å²) < 4.78 is 11.4. The van der Waals surface area contributed by atoms with E-state index in [0.29, 0.717) is 23.5 Å². The molecular weight excluding hydrogens is 466 g/mol. The van der Waals surface area contributed by atoms with Crippen molar-refractivity contribution in [2.45, 2.75) is 38.0 Å². The van der Waals surface area contributed by atoms with Crippen LogP contribution < -0.4 is 4.74 Å². The van der Waals surface area contributed by atoms with Crippen molar-refractivity contribution in [3.8, 4) is 23.0 Å². The number of hydrogen-bond acceptors (Lipinski definition) is 6. The van der Waals surface area contributed by atoms with Crippen molar-refractivity contribution in [3.63, 3.8) is 0 Å². The van der Waals surface area contributed by atoms with Gasteiger partial charge in [-0.15, -0.1) is 0 Å². The Morgan fingerprint density at radius 2 is 1.38 bits per heavy atom. The molecule has 7 heteroatoms. The first-order chi connectivity index (χ1) is 18.1. The molecule has 0 saturated carbocycles. The minimum atomic E-state index is -0.878. The van der Waals surface area contributed by atoms with Crippen LogP contribution in [0.15, 0.2) is 89.7 Å². The number of carboxylic acid groups (broad SMARTS) is 1. The van der Waals surface area contributed by atoms with Crippen molar-refractivity contribution in [2.75, 3.05) is 13.1 Å². The van der Waals surface area contributed by atoms with Gasteiger partial charge in [0.05, 0.1) is 11.8 Å². The summed E-state index contributed by atoms with van der Waals surface area (Å²) in [6.45, 7) is 3.93. The maximum Gasteiger partial charge on any atom is 0.335 e. The van der Waals surface area contributed by atoms with Gasteiger partial charge in [0.1, 0.15) is 17.8 Å². The van der Waals surface area contributed by atoms with E-state index in [1.807, 2.05) is 48.5 Å². The van der Waals surface area contributed by atoms with E-state index in [4.69, 9.17) is 14.3 Å². The van der Waals surface area contributed by atoms with Gasteiger partial charge < -0.3 is 14.3 Å². The van der Waals surface area contributed by atoms with Gasteiger partial charge in [-0.25, -0.2) is 9.78 Å². The quantitative estimate of drug-likeness (QED) is 0.337. The number of rotatable bonds is 8. The van der Waals surface area contributed by atoms with E-state index in [0.717, 1.165) is 43.2 Å². The molecule has 37 heavy (non-hydrogen) atoms. The second kappa shape index (κ2) is 10.2. The molecule has 3 fully saturated rings. The number of aromatic carboxylic acids is 1. The number of piperidine rings is 2. The Bertz CT molecular complexity index is 1340. The summed E-state index contributed by atoms with van der Waals surface area (Å²) in [7, 11) is 0. The average Bonchev–Trinajstić information content (AvgIpc) is 3.47. The van der Waals surface area contributed by atoms with Crippen molar-refractivity contribution in [2.24, 2.45) is 0 Å². The molecule has 1 N–H and O–H groups in total. The fraction of sp³-hybridized carbons (Fsp3) is 0.267. The van der Waals surface area contributed by atoms with Crippen LogP contribution in [-0.2, 0) is 13.1 Å². The second-order valence-electron chi connectivity index (χ2n) is 9.85. The Balaban J connectivity index is 1.03. The highest BCUT2D eigenvalue weighted by Crippen LogP contribution is 2.32. The van der Waals surface area contributed by atoms with Gasteiger partial charge in [-0.2, -0.15) is 0 Å². The van der Waals surface area contributed by atoms with E-state index in [-0.39, 0.29) is 0 Å². The fourth-order valence-corrected chi connectivity index (χ4v) is 5.44. The third kappa shape index (κ3) is 5.28. The minimum absolute atomic E-state index is 0.340. The van der Waals surface area contributed by atoms with Gasteiger partial charge >= 0.3 is 5.97 Å². The van der Waals surface area contributed by atoms with Gasteiger partial charge in [-0.3, -0.25) is 9.80 Å². The number of aromatic nitrogens is 1. The predicted molar refractivity (Wildman–Crippen MR) is 139 cm³/mol.